The maximum atomic E-state index is 10.6. The van der Waals surface area contributed by atoms with Crippen LogP contribution in [0.2, 0.25) is 0 Å². The molecule has 1 aliphatic heterocycles. The van der Waals surface area contributed by atoms with Crippen LogP contribution in [0.3, 0.4) is 0 Å². The second kappa shape index (κ2) is 5.01. The summed E-state index contributed by atoms with van der Waals surface area (Å²) >= 11 is 0. The topological polar surface area (TPSA) is 60.7 Å². The SMILES string of the molecule is Cc1cc(C=CC(=O)O)c(C)n1-c1ccc2c(c1)OCO2. The van der Waals surface area contributed by atoms with Crippen LogP contribution in [-0.2, 0) is 4.79 Å². The molecule has 3 rings (SSSR count). The molecule has 1 aromatic heterocycles. The number of hydrogen-bond donors (Lipinski definition) is 1. The van der Waals surface area contributed by atoms with Gasteiger partial charge in [0.15, 0.2) is 11.5 Å². The fourth-order valence-corrected chi connectivity index (χ4v) is 2.54. The third kappa shape index (κ3) is 2.38. The van der Waals surface area contributed by atoms with E-state index in [0.29, 0.717) is 0 Å². The smallest absolute Gasteiger partial charge is 0.328 e. The van der Waals surface area contributed by atoms with Gasteiger partial charge in [-0.15, -0.1) is 0 Å². The Hall–Kier alpha value is -2.69. The molecule has 2 heterocycles. The van der Waals surface area contributed by atoms with E-state index in [1.54, 1.807) is 6.08 Å². The van der Waals surface area contributed by atoms with Gasteiger partial charge >= 0.3 is 5.97 Å². The Morgan fingerprint density at radius 3 is 2.76 bits per heavy atom. The normalized spacial score (nSPS) is 13.0. The minimum Gasteiger partial charge on any atom is -0.478 e. The summed E-state index contributed by atoms with van der Waals surface area (Å²) in [4.78, 5) is 10.6. The maximum Gasteiger partial charge on any atom is 0.328 e. The van der Waals surface area contributed by atoms with E-state index in [9.17, 15) is 4.79 Å². The molecule has 0 amide bonds. The quantitative estimate of drug-likeness (QED) is 0.881. The van der Waals surface area contributed by atoms with E-state index in [-0.39, 0.29) is 6.79 Å². The molecule has 5 nitrogen and oxygen atoms in total. The lowest BCUT2D eigenvalue weighted by Gasteiger charge is -2.10. The summed E-state index contributed by atoms with van der Waals surface area (Å²) in [6.07, 6.45) is 2.75. The number of rotatable bonds is 3. The van der Waals surface area contributed by atoms with Gasteiger partial charge in [-0.2, -0.15) is 0 Å². The number of fused-ring (bicyclic) bond motifs is 1. The van der Waals surface area contributed by atoms with Gasteiger partial charge in [-0.1, -0.05) is 0 Å². The number of aryl methyl sites for hydroxylation is 1. The minimum atomic E-state index is -0.956. The molecule has 1 aliphatic rings. The lowest BCUT2D eigenvalue weighted by atomic mass is 10.2. The summed E-state index contributed by atoms with van der Waals surface area (Å²) in [6.45, 7) is 4.18. The zero-order valence-corrected chi connectivity index (χ0v) is 11.8. The highest BCUT2D eigenvalue weighted by Gasteiger charge is 2.16. The molecule has 0 atom stereocenters. The van der Waals surface area contributed by atoms with E-state index in [1.807, 2.05) is 38.1 Å². The largest absolute Gasteiger partial charge is 0.478 e. The molecule has 0 aliphatic carbocycles. The number of aromatic nitrogens is 1. The number of carboxylic acids is 1. The number of aliphatic carboxylic acids is 1. The van der Waals surface area contributed by atoms with Gasteiger partial charge in [-0.25, -0.2) is 4.79 Å². The van der Waals surface area contributed by atoms with Crippen LogP contribution in [0, 0.1) is 13.8 Å². The third-order valence-corrected chi connectivity index (χ3v) is 3.49. The van der Waals surface area contributed by atoms with Crippen molar-refractivity contribution in [2.75, 3.05) is 6.79 Å². The molecule has 0 saturated carbocycles. The molecule has 0 radical (unpaired) electrons. The Morgan fingerprint density at radius 1 is 1.24 bits per heavy atom. The molecule has 0 fully saturated rings. The summed E-state index contributed by atoms with van der Waals surface area (Å²) < 4.78 is 12.8. The molecule has 0 spiro atoms. The molecule has 21 heavy (non-hydrogen) atoms. The zero-order valence-electron chi connectivity index (χ0n) is 11.8. The summed E-state index contributed by atoms with van der Waals surface area (Å²) in [5.41, 5.74) is 3.84. The van der Waals surface area contributed by atoms with E-state index in [1.165, 1.54) is 0 Å². The van der Waals surface area contributed by atoms with Crippen LogP contribution in [0.4, 0.5) is 0 Å². The Balaban J connectivity index is 2.04. The van der Waals surface area contributed by atoms with Crippen molar-refractivity contribution in [3.8, 4) is 17.2 Å². The third-order valence-electron chi connectivity index (χ3n) is 3.49. The molecule has 1 N–H and O–H groups in total. The van der Waals surface area contributed by atoms with Crippen LogP contribution in [0.5, 0.6) is 11.5 Å². The molecule has 2 aromatic rings. The molecule has 0 bridgehead atoms. The van der Waals surface area contributed by atoms with E-state index >= 15 is 0 Å². The molecular weight excluding hydrogens is 270 g/mol. The number of carboxylic acid groups (broad SMARTS) is 1. The second-order valence-electron chi connectivity index (χ2n) is 4.87. The van der Waals surface area contributed by atoms with Crippen molar-refractivity contribution in [2.45, 2.75) is 13.8 Å². The van der Waals surface area contributed by atoms with Crippen molar-refractivity contribution in [1.29, 1.82) is 0 Å². The van der Waals surface area contributed by atoms with Crippen molar-refractivity contribution in [2.24, 2.45) is 0 Å². The van der Waals surface area contributed by atoms with E-state index < -0.39 is 5.97 Å². The first-order valence-electron chi connectivity index (χ1n) is 6.56. The maximum absolute atomic E-state index is 10.6. The highest BCUT2D eigenvalue weighted by Crippen LogP contribution is 2.34. The van der Waals surface area contributed by atoms with Gasteiger partial charge in [0, 0.05) is 29.2 Å². The van der Waals surface area contributed by atoms with E-state index in [4.69, 9.17) is 14.6 Å². The first kappa shape index (κ1) is 13.3. The van der Waals surface area contributed by atoms with E-state index in [2.05, 4.69) is 4.57 Å². The van der Waals surface area contributed by atoms with Crippen molar-refractivity contribution in [3.05, 3.63) is 47.3 Å². The lowest BCUT2D eigenvalue weighted by molar-refractivity contribution is -0.131. The van der Waals surface area contributed by atoms with Crippen LogP contribution in [0.15, 0.2) is 30.3 Å². The number of hydrogen-bond acceptors (Lipinski definition) is 3. The first-order valence-corrected chi connectivity index (χ1v) is 6.56. The Morgan fingerprint density at radius 2 is 2.00 bits per heavy atom. The molecule has 108 valence electrons. The minimum absolute atomic E-state index is 0.245. The Labute approximate surface area is 122 Å². The number of nitrogens with zero attached hydrogens (tertiary/aromatic N) is 1. The van der Waals surface area contributed by atoms with Gasteiger partial charge in [-0.05, 0) is 43.7 Å². The highest BCUT2D eigenvalue weighted by atomic mass is 16.7. The molecule has 0 saturated heterocycles. The van der Waals surface area contributed by atoms with Gasteiger partial charge < -0.3 is 19.1 Å². The van der Waals surface area contributed by atoms with Gasteiger partial charge in [0.2, 0.25) is 6.79 Å². The zero-order chi connectivity index (χ0) is 15.0. The molecule has 5 heteroatoms. The first-order chi connectivity index (χ1) is 10.1. The van der Waals surface area contributed by atoms with Gasteiger partial charge in [0.05, 0.1) is 0 Å². The van der Waals surface area contributed by atoms with Crippen LogP contribution in [0.1, 0.15) is 17.0 Å². The van der Waals surface area contributed by atoms with Gasteiger partial charge in [0.25, 0.3) is 0 Å². The highest BCUT2D eigenvalue weighted by molar-refractivity contribution is 5.85. The van der Waals surface area contributed by atoms with Crippen molar-refractivity contribution >= 4 is 12.0 Å². The fraction of sp³-hybridized carbons (Fsp3) is 0.188. The average molecular weight is 285 g/mol. The van der Waals surface area contributed by atoms with Crippen molar-refractivity contribution in [1.82, 2.24) is 4.57 Å². The lowest BCUT2D eigenvalue weighted by Crippen LogP contribution is -1.99. The van der Waals surface area contributed by atoms with Crippen molar-refractivity contribution < 1.29 is 19.4 Å². The molecule has 0 unspecified atom stereocenters. The summed E-state index contributed by atoms with van der Waals surface area (Å²) in [5.74, 6) is 0.512. The standard InChI is InChI=1S/C16H15NO4/c1-10-7-12(3-6-16(18)19)11(2)17(10)13-4-5-14-15(8-13)21-9-20-14/h3-8H,9H2,1-2H3,(H,18,19). The summed E-state index contributed by atoms with van der Waals surface area (Å²) in [5, 5.41) is 8.74. The summed E-state index contributed by atoms with van der Waals surface area (Å²) in [6, 6.07) is 7.72. The second-order valence-corrected chi connectivity index (χ2v) is 4.87. The molecule has 1 aromatic carbocycles. The average Bonchev–Trinajstić information content (AvgIpc) is 3.00. The van der Waals surface area contributed by atoms with Gasteiger partial charge in [0.1, 0.15) is 0 Å². The fourth-order valence-electron chi connectivity index (χ4n) is 2.54. The summed E-state index contributed by atoms with van der Waals surface area (Å²) in [7, 11) is 0. The van der Waals surface area contributed by atoms with Crippen LogP contribution < -0.4 is 9.47 Å². The van der Waals surface area contributed by atoms with Gasteiger partial charge in [-0.3, -0.25) is 0 Å². The molecular formula is C16H15NO4. The van der Waals surface area contributed by atoms with Crippen molar-refractivity contribution in [3.63, 3.8) is 0 Å². The predicted molar refractivity (Wildman–Crippen MR) is 78.0 cm³/mol. The monoisotopic (exact) mass is 285 g/mol. The number of carbonyl (C=O) groups is 1. The number of ether oxygens (including phenoxy) is 2. The van der Waals surface area contributed by atoms with E-state index in [0.717, 1.165) is 40.2 Å². The van der Waals surface area contributed by atoms with Crippen LogP contribution in [0.25, 0.3) is 11.8 Å². The Kier molecular flexibility index (Phi) is 3.17. The number of benzene rings is 1. The van der Waals surface area contributed by atoms with Crippen LogP contribution >= 0.6 is 0 Å². The Bertz CT molecular complexity index is 743. The predicted octanol–water partition coefficient (Wildman–Crippen LogP) is 2.92. The van der Waals surface area contributed by atoms with Crippen LogP contribution in [-0.4, -0.2) is 22.4 Å².